The maximum absolute atomic E-state index is 6.02. The molecule has 1 aromatic carbocycles. The van der Waals surface area contributed by atoms with Crippen LogP contribution in [0, 0.1) is 0 Å². The Balaban J connectivity index is 1.96. The van der Waals surface area contributed by atoms with Gasteiger partial charge in [0.15, 0.2) is 17.5 Å². The fraction of sp³-hybridized carbons (Fsp3) is 0.533. The normalized spacial score (nSPS) is 21.4. The van der Waals surface area contributed by atoms with Crippen LogP contribution in [0.25, 0.3) is 0 Å². The van der Waals surface area contributed by atoms with Gasteiger partial charge in [-0.1, -0.05) is 0 Å². The SMILES string of the molecule is CC(C)N1C(N)=NCC1c1cc(Br)c2c(c1)OCCCO2. The van der Waals surface area contributed by atoms with Crippen LogP contribution in [-0.4, -0.2) is 36.7 Å². The Hall–Kier alpha value is -1.43. The number of fused-ring (bicyclic) bond motifs is 1. The Morgan fingerprint density at radius 3 is 2.86 bits per heavy atom. The highest BCUT2D eigenvalue weighted by atomic mass is 79.9. The molecule has 114 valence electrons. The highest BCUT2D eigenvalue weighted by Gasteiger charge is 2.31. The van der Waals surface area contributed by atoms with Gasteiger partial charge in [0.1, 0.15) is 0 Å². The number of halogens is 1. The lowest BCUT2D eigenvalue weighted by Crippen LogP contribution is -2.40. The molecule has 0 saturated carbocycles. The van der Waals surface area contributed by atoms with Crippen molar-refractivity contribution in [2.24, 2.45) is 10.7 Å². The number of nitrogens with two attached hydrogens (primary N) is 1. The molecule has 3 rings (SSSR count). The first-order chi connectivity index (χ1) is 10.1. The number of benzene rings is 1. The molecule has 1 unspecified atom stereocenters. The van der Waals surface area contributed by atoms with E-state index in [-0.39, 0.29) is 6.04 Å². The molecule has 2 aliphatic rings. The van der Waals surface area contributed by atoms with Crippen molar-refractivity contribution in [1.29, 1.82) is 0 Å². The Kier molecular flexibility index (Phi) is 3.97. The van der Waals surface area contributed by atoms with E-state index in [0.717, 1.165) is 28.0 Å². The summed E-state index contributed by atoms with van der Waals surface area (Å²) in [6, 6.07) is 4.59. The van der Waals surface area contributed by atoms with E-state index in [9.17, 15) is 0 Å². The van der Waals surface area contributed by atoms with E-state index < -0.39 is 0 Å². The number of guanidine groups is 1. The molecular weight excluding hydrogens is 334 g/mol. The van der Waals surface area contributed by atoms with E-state index in [4.69, 9.17) is 15.2 Å². The van der Waals surface area contributed by atoms with Crippen LogP contribution in [-0.2, 0) is 0 Å². The first-order valence-corrected chi connectivity index (χ1v) is 8.04. The molecule has 0 aromatic heterocycles. The van der Waals surface area contributed by atoms with E-state index in [1.54, 1.807) is 0 Å². The lowest BCUT2D eigenvalue weighted by molar-refractivity contribution is 0.287. The largest absolute Gasteiger partial charge is 0.490 e. The van der Waals surface area contributed by atoms with Gasteiger partial charge in [-0.2, -0.15) is 0 Å². The fourth-order valence-electron chi connectivity index (χ4n) is 2.84. The summed E-state index contributed by atoms with van der Waals surface area (Å²) in [6.45, 7) is 6.29. The van der Waals surface area contributed by atoms with Crippen molar-refractivity contribution in [1.82, 2.24) is 4.90 Å². The number of hydrogen-bond donors (Lipinski definition) is 1. The number of hydrogen-bond acceptors (Lipinski definition) is 5. The maximum Gasteiger partial charge on any atom is 0.192 e. The Morgan fingerprint density at radius 2 is 2.10 bits per heavy atom. The van der Waals surface area contributed by atoms with Crippen molar-refractivity contribution in [3.63, 3.8) is 0 Å². The molecule has 21 heavy (non-hydrogen) atoms. The highest BCUT2D eigenvalue weighted by molar-refractivity contribution is 9.10. The number of nitrogens with zero attached hydrogens (tertiary/aromatic N) is 2. The second-order valence-electron chi connectivity index (χ2n) is 5.60. The molecule has 0 aliphatic carbocycles. The fourth-order valence-corrected chi connectivity index (χ4v) is 3.42. The molecular formula is C15H20BrN3O2. The van der Waals surface area contributed by atoms with Crippen molar-refractivity contribution >= 4 is 21.9 Å². The molecule has 2 N–H and O–H groups in total. The van der Waals surface area contributed by atoms with Crippen LogP contribution < -0.4 is 15.2 Å². The zero-order valence-corrected chi connectivity index (χ0v) is 13.9. The second-order valence-corrected chi connectivity index (χ2v) is 6.45. The molecule has 0 fully saturated rings. The van der Waals surface area contributed by atoms with Gasteiger partial charge in [-0.05, 0) is 47.5 Å². The van der Waals surface area contributed by atoms with Gasteiger partial charge >= 0.3 is 0 Å². The van der Waals surface area contributed by atoms with Crippen LogP contribution in [0.3, 0.4) is 0 Å². The summed E-state index contributed by atoms with van der Waals surface area (Å²) in [7, 11) is 0. The van der Waals surface area contributed by atoms with Crippen molar-refractivity contribution in [3.05, 3.63) is 22.2 Å². The summed E-state index contributed by atoms with van der Waals surface area (Å²) in [6.07, 6.45) is 0.897. The summed E-state index contributed by atoms with van der Waals surface area (Å²) >= 11 is 3.59. The molecule has 1 atom stereocenters. The van der Waals surface area contributed by atoms with E-state index >= 15 is 0 Å². The van der Waals surface area contributed by atoms with Gasteiger partial charge in [0, 0.05) is 12.5 Å². The first-order valence-electron chi connectivity index (χ1n) is 7.25. The van der Waals surface area contributed by atoms with Gasteiger partial charge in [0.2, 0.25) is 0 Å². The number of ether oxygens (including phenoxy) is 2. The quantitative estimate of drug-likeness (QED) is 0.887. The van der Waals surface area contributed by atoms with Crippen LogP contribution in [0.4, 0.5) is 0 Å². The van der Waals surface area contributed by atoms with E-state index in [1.165, 1.54) is 0 Å². The first kappa shape index (κ1) is 14.5. The smallest absolute Gasteiger partial charge is 0.192 e. The Morgan fingerprint density at radius 1 is 1.33 bits per heavy atom. The Bertz CT molecular complexity index is 574. The molecule has 1 aromatic rings. The predicted molar refractivity (Wildman–Crippen MR) is 86.0 cm³/mol. The van der Waals surface area contributed by atoms with Crippen molar-refractivity contribution in [2.75, 3.05) is 19.8 Å². The van der Waals surface area contributed by atoms with Crippen LogP contribution in [0.15, 0.2) is 21.6 Å². The van der Waals surface area contributed by atoms with Crippen molar-refractivity contribution in [3.8, 4) is 11.5 Å². The molecule has 6 heteroatoms. The van der Waals surface area contributed by atoms with Gasteiger partial charge in [0.05, 0.1) is 30.3 Å². The molecule has 0 spiro atoms. The van der Waals surface area contributed by atoms with E-state index in [2.05, 4.69) is 51.8 Å². The van der Waals surface area contributed by atoms with Crippen molar-refractivity contribution < 1.29 is 9.47 Å². The highest BCUT2D eigenvalue weighted by Crippen LogP contribution is 2.41. The van der Waals surface area contributed by atoms with E-state index in [1.807, 2.05) is 0 Å². The molecule has 0 saturated heterocycles. The van der Waals surface area contributed by atoms with Gasteiger partial charge < -0.3 is 20.1 Å². The topological polar surface area (TPSA) is 60.1 Å². The summed E-state index contributed by atoms with van der Waals surface area (Å²) < 4.78 is 12.5. The van der Waals surface area contributed by atoms with Crippen molar-refractivity contribution in [2.45, 2.75) is 32.4 Å². The summed E-state index contributed by atoms with van der Waals surface area (Å²) in [5, 5.41) is 0. The average molecular weight is 354 g/mol. The minimum atomic E-state index is 0.151. The van der Waals surface area contributed by atoms with Crippen LogP contribution >= 0.6 is 15.9 Å². The summed E-state index contributed by atoms with van der Waals surface area (Å²) in [5.74, 6) is 2.20. The van der Waals surface area contributed by atoms with Gasteiger partial charge in [-0.15, -0.1) is 0 Å². The Labute approximate surface area is 133 Å². The summed E-state index contributed by atoms with van der Waals surface area (Å²) in [5.41, 5.74) is 7.16. The van der Waals surface area contributed by atoms with Crippen LogP contribution in [0.5, 0.6) is 11.5 Å². The zero-order valence-electron chi connectivity index (χ0n) is 12.3. The van der Waals surface area contributed by atoms with Crippen LogP contribution in [0.2, 0.25) is 0 Å². The molecule has 0 bridgehead atoms. The third-order valence-electron chi connectivity index (χ3n) is 3.79. The summed E-state index contributed by atoms with van der Waals surface area (Å²) in [4.78, 5) is 6.53. The minimum Gasteiger partial charge on any atom is -0.490 e. The monoisotopic (exact) mass is 353 g/mol. The number of aliphatic imine (C=N–C) groups is 1. The molecule has 5 nitrogen and oxygen atoms in total. The zero-order chi connectivity index (χ0) is 15.0. The number of rotatable bonds is 2. The molecule has 0 radical (unpaired) electrons. The second kappa shape index (κ2) is 5.75. The predicted octanol–water partition coefficient (Wildman–Crippen LogP) is 2.69. The lowest BCUT2D eigenvalue weighted by atomic mass is 10.0. The molecule has 2 heterocycles. The third-order valence-corrected chi connectivity index (χ3v) is 4.38. The van der Waals surface area contributed by atoms with Crippen LogP contribution in [0.1, 0.15) is 31.9 Å². The standard InChI is InChI=1S/C15H20BrN3O2/c1-9(2)19-12(8-18-15(19)17)10-6-11(16)14-13(7-10)20-4-3-5-21-14/h6-7,9,12H,3-5,8H2,1-2H3,(H2,17,18). The lowest BCUT2D eigenvalue weighted by Gasteiger charge is -2.30. The van der Waals surface area contributed by atoms with Gasteiger partial charge in [-0.25, -0.2) is 0 Å². The molecule has 2 aliphatic heterocycles. The maximum atomic E-state index is 6.02. The average Bonchev–Trinajstić information content (AvgIpc) is 2.67. The minimum absolute atomic E-state index is 0.151. The van der Waals surface area contributed by atoms with Gasteiger partial charge in [-0.3, -0.25) is 4.99 Å². The van der Waals surface area contributed by atoms with Gasteiger partial charge in [0.25, 0.3) is 0 Å². The molecule has 0 amide bonds. The van der Waals surface area contributed by atoms with E-state index in [0.29, 0.717) is 31.8 Å². The third kappa shape index (κ3) is 2.69.